The Labute approximate surface area is 93.7 Å². The van der Waals surface area contributed by atoms with E-state index >= 15 is 0 Å². The highest BCUT2D eigenvalue weighted by atomic mass is 16.5. The van der Waals surface area contributed by atoms with Gasteiger partial charge in [0.05, 0.1) is 11.0 Å². The van der Waals surface area contributed by atoms with Gasteiger partial charge in [0.15, 0.2) is 0 Å². The van der Waals surface area contributed by atoms with Crippen LogP contribution in [0.5, 0.6) is 5.88 Å². The number of nitrogens with zero attached hydrogens (tertiary/aromatic N) is 2. The van der Waals surface area contributed by atoms with Gasteiger partial charge in [0.1, 0.15) is 11.8 Å². The van der Waals surface area contributed by atoms with Crippen LogP contribution in [0, 0.1) is 6.92 Å². The molecular formula is C12H13N3O. The number of nitrogens with one attached hydrogen (secondary N) is 1. The predicted octanol–water partition coefficient (Wildman–Crippen LogP) is 1.29. The molecule has 0 aliphatic carbocycles. The van der Waals surface area contributed by atoms with Crippen LogP contribution >= 0.6 is 0 Å². The topological polar surface area (TPSA) is 47.0 Å². The van der Waals surface area contributed by atoms with Crippen LogP contribution in [0.2, 0.25) is 0 Å². The smallest absolute Gasteiger partial charge is 0.236 e. The quantitative estimate of drug-likeness (QED) is 0.820. The van der Waals surface area contributed by atoms with Crippen LogP contribution in [0.15, 0.2) is 24.3 Å². The van der Waals surface area contributed by atoms with E-state index < -0.39 is 0 Å². The number of aryl methyl sites for hydroxylation is 1. The monoisotopic (exact) mass is 215 g/mol. The lowest BCUT2D eigenvalue weighted by Crippen LogP contribution is -2.50. The lowest BCUT2D eigenvalue weighted by atomic mass is 10.2. The van der Waals surface area contributed by atoms with E-state index in [9.17, 15) is 0 Å². The first-order valence-corrected chi connectivity index (χ1v) is 5.44. The summed E-state index contributed by atoms with van der Waals surface area (Å²) >= 11 is 0. The van der Waals surface area contributed by atoms with E-state index in [1.807, 2.05) is 31.2 Å². The minimum Gasteiger partial charge on any atom is -0.470 e. The van der Waals surface area contributed by atoms with Crippen molar-refractivity contribution >= 4 is 11.0 Å². The third kappa shape index (κ3) is 1.61. The maximum atomic E-state index is 5.75. The summed E-state index contributed by atoms with van der Waals surface area (Å²) in [6.45, 7) is 3.72. The first kappa shape index (κ1) is 9.54. The van der Waals surface area contributed by atoms with Gasteiger partial charge < -0.3 is 10.1 Å². The van der Waals surface area contributed by atoms with Crippen molar-refractivity contribution in [2.45, 2.75) is 13.0 Å². The predicted molar refractivity (Wildman–Crippen MR) is 61.6 cm³/mol. The van der Waals surface area contributed by atoms with Crippen LogP contribution in [-0.2, 0) is 0 Å². The summed E-state index contributed by atoms with van der Waals surface area (Å²) in [5, 5.41) is 3.16. The molecule has 1 aliphatic heterocycles. The second-order valence-corrected chi connectivity index (χ2v) is 4.00. The average Bonchev–Trinajstić information content (AvgIpc) is 2.23. The molecular weight excluding hydrogens is 202 g/mol. The van der Waals surface area contributed by atoms with E-state index in [0.29, 0.717) is 5.88 Å². The molecule has 0 radical (unpaired) electrons. The van der Waals surface area contributed by atoms with Gasteiger partial charge in [0.25, 0.3) is 0 Å². The SMILES string of the molecule is Cc1nc2ccccc2nc1OC1CNC1. The van der Waals surface area contributed by atoms with Gasteiger partial charge in [-0.15, -0.1) is 0 Å². The van der Waals surface area contributed by atoms with Crippen LogP contribution in [0.1, 0.15) is 5.69 Å². The van der Waals surface area contributed by atoms with Crippen molar-refractivity contribution in [2.75, 3.05) is 13.1 Å². The highest BCUT2D eigenvalue weighted by Crippen LogP contribution is 2.19. The Bertz CT molecular complexity index is 523. The summed E-state index contributed by atoms with van der Waals surface area (Å²) in [7, 11) is 0. The Balaban J connectivity index is 1.99. The first-order chi connectivity index (χ1) is 7.83. The third-order valence-electron chi connectivity index (χ3n) is 2.72. The van der Waals surface area contributed by atoms with Gasteiger partial charge >= 0.3 is 0 Å². The molecule has 0 atom stereocenters. The molecule has 4 nitrogen and oxygen atoms in total. The summed E-state index contributed by atoms with van der Waals surface area (Å²) in [6, 6.07) is 7.84. The van der Waals surface area contributed by atoms with Crippen LogP contribution in [0.4, 0.5) is 0 Å². The van der Waals surface area contributed by atoms with E-state index in [0.717, 1.165) is 29.8 Å². The minimum absolute atomic E-state index is 0.245. The zero-order valence-electron chi connectivity index (χ0n) is 9.10. The van der Waals surface area contributed by atoms with Crippen molar-refractivity contribution in [2.24, 2.45) is 0 Å². The van der Waals surface area contributed by atoms with Gasteiger partial charge in [-0.05, 0) is 19.1 Å². The van der Waals surface area contributed by atoms with Crippen LogP contribution in [0.25, 0.3) is 11.0 Å². The Kier molecular flexibility index (Phi) is 2.22. The Morgan fingerprint density at radius 3 is 2.50 bits per heavy atom. The minimum atomic E-state index is 0.245. The zero-order valence-corrected chi connectivity index (χ0v) is 9.10. The number of benzene rings is 1. The van der Waals surface area contributed by atoms with Crippen molar-refractivity contribution in [3.05, 3.63) is 30.0 Å². The second-order valence-electron chi connectivity index (χ2n) is 4.00. The Morgan fingerprint density at radius 1 is 1.19 bits per heavy atom. The maximum absolute atomic E-state index is 5.75. The molecule has 1 aliphatic rings. The summed E-state index contributed by atoms with van der Waals surface area (Å²) in [4.78, 5) is 8.96. The maximum Gasteiger partial charge on any atom is 0.236 e. The zero-order chi connectivity index (χ0) is 11.0. The largest absolute Gasteiger partial charge is 0.470 e. The number of hydrogen-bond donors (Lipinski definition) is 1. The lowest BCUT2D eigenvalue weighted by molar-refractivity contribution is 0.135. The third-order valence-corrected chi connectivity index (χ3v) is 2.72. The number of para-hydroxylation sites is 2. The molecule has 0 amide bonds. The normalized spacial score (nSPS) is 16.1. The van der Waals surface area contributed by atoms with Crippen molar-refractivity contribution in [3.8, 4) is 5.88 Å². The summed E-state index contributed by atoms with van der Waals surface area (Å²) in [6.07, 6.45) is 0.245. The summed E-state index contributed by atoms with van der Waals surface area (Å²) in [5.74, 6) is 0.658. The van der Waals surface area contributed by atoms with Gasteiger partial charge in [-0.2, -0.15) is 0 Å². The fraction of sp³-hybridized carbons (Fsp3) is 0.333. The summed E-state index contributed by atoms with van der Waals surface area (Å²) < 4.78 is 5.75. The number of fused-ring (bicyclic) bond motifs is 1. The van der Waals surface area contributed by atoms with Gasteiger partial charge in [0, 0.05) is 13.1 Å². The summed E-state index contributed by atoms with van der Waals surface area (Å²) in [5.41, 5.74) is 2.65. The van der Waals surface area contributed by atoms with Crippen LogP contribution in [0.3, 0.4) is 0 Å². The van der Waals surface area contributed by atoms with Crippen LogP contribution < -0.4 is 10.1 Å². The number of rotatable bonds is 2. The molecule has 4 heteroatoms. The van der Waals surface area contributed by atoms with E-state index in [2.05, 4.69) is 15.3 Å². The van der Waals surface area contributed by atoms with Crippen molar-refractivity contribution in [1.29, 1.82) is 0 Å². The van der Waals surface area contributed by atoms with Gasteiger partial charge in [0.2, 0.25) is 5.88 Å². The van der Waals surface area contributed by atoms with Gasteiger partial charge in [-0.1, -0.05) is 12.1 Å². The molecule has 1 fully saturated rings. The molecule has 16 heavy (non-hydrogen) atoms. The van der Waals surface area contributed by atoms with E-state index in [1.165, 1.54) is 0 Å². The van der Waals surface area contributed by atoms with Gasteiger partial charge in [-0.3, -0.25) is 0 Å². The first-order valence-electron chi connectivity index (χ1n) is 5.44. The Hall–Kier alpha value is -1.68. The highest BCUT2D eigenvalue weighted by Gasteiger charge is 2.20. The van der Waals surface area contributed by atoms with Crippen molar-refractivity contribution < 1.29 is 4.74 Å². The molecule has 2 aromatic rings. The molecule has 3 rings (SSSR count). The highest BCUT2D eigenvalue weighted by molar-refractivity contribution is 5.74. The molecule has 0 saturated carbocycles. The standard InChI is InChI=1S/C12H13N3O/c1-8-12(16-9-6-13-7-9)15-11-5-3-2-4-10(11)14-8/h2-5,9,13H,6-7H2,1H3. The van der Waals surface area contributed by atoms with E-state index in [-0.39, 0.29) is 6.10 Å². The molecule has 82 valence electrons. The van der Waals surface area contributed by atoms with Crippen molar-refractivity contribution in [3.63, 3.8) is 0 Å². The second kappa shape index (κ2) is 3.72. The number of ether oxygens (including phenoxy) is 1. The molecule has 0 spiro atoms. The molecule has 2 heterocycles. The molecule has 1 aromatic heterocycles. The molecule has 1 N–H and O–H groups in total. The van der Waals surface area contributed by atoms with E-state index in [4.69, 9.17) is 4.74 Å². The average molecular weight is 215 g/mol. The Morgan fingerprint density at radius 2 is 1.88 bits per heavy atom. The lowest BCUT2D eigenvalue weighted by Gasteiger charge is -2.27. The number of hydrogen-bond acceptors (Lipinski definition) is 4. The van der Waals surface area contributed by atoms with Crippen molar-refractivity contribution in [1.82, 2.24) is 15.3 Å². The number of aromatic nitrogens is 2. The van der Waals surface area contributed by atoms with E-state index in [1.54, 1.807) is 0 Å². The van der Waals surface area contributed by atoms with Crippen LogP contribution in [-0.4, -0.2) is 29.2 Å². The van der Waals surface area contributed by atoms with Gasteiger partial charge in [-0.25, -0.2) is 9.97 Å². The fourth-order valence-corrected chi connectivity index (χ4v) is 1.69. The molecule has 1 aromatic carbocycles. The molecule has 0 unspecified atom stereocenters. The molecule has 0 bridgehead atoms. The fourth-order valence-electron chi connectivity index (χ4n) is 1.69. The molecule has 1 saturated heterocycles.